The summed E-state index contributed by atoms with van der Waals surface area (Å²) in [6, 6.07) is 8.91. The lowest BCUT2D eigenvalue weighted by Gasteiger charge is -2.57. The zero-order valence-corrected chi connectivity index (χ0v) is 23.1. The molecule has 6 rings (SSSR count). The van der Waals surface area contributed by atoms with Crippen LogP contribution in [0.4, 0.5) is 0 Å². The van der Waals surface area contributed by atoms with Crippen LogP contribution in [0.25, 0.3) is 22.0 Å². The van der Waals surface area contributed by atoms with E-state index in [4.69, 9.17) is 16.2 Å². The minimum Gasteiger partial charge on any atom is -0.474 e. The van der Waals surface area contributed by atoms with Crippen molar-refractivity contribution in [2.45, 2.75) is 57.2 Å². The summed E-state index contributed by atoms with van der Waals surface area (Å²) in [5.74, 6) is -1.17. The van der Waals surface area contributed by atoms with Crippen LogP contribution in [0.3, 0.4) is 0 Å². The van der Waals surface area contributed by atoms with Crippen LogP contribution >= 0.6 is 0 Å². The number of rotatable bonds is 8. The molecule has 4 aromatic rings. The molecule has 0 saturated heterocycles. The van der Waals surface area contributed by atoms with E-state index in [-0.39, 0.29) is 40.6 Å². The number of aryl methyl sites for hydroxylation is 1. The fourth-order valence-electron chi connectivity index (χ4n) is 6.06. The summed E-state index contributed by atoms with van der Waals surface area (Å²) >= 11 is 0. The van der Waals surface area contributed by atoms with Gasteiger partial charge in [-0.25, -0.2) is 9.67 Å². The van der Waals surface area contributed by atoms with E-state index < -0.39 is 17.4 Å². The molecule has 0 bridgehead atoms. The number of hydrogen-bond acceptors (Lipinski definition) is 7. The number of nitrogens with zero attached hydrogens (tertiary/aromatic N) is 5. The normalized spacial score (nSPS) is 21.7. The quantitative estimate of drug-likeness (QED) is 0.298. The van der Waals surface area contributed by atoms with Crippen molar-refractivity contribution in [1.82, 2.24) is 29.9 Å². The van der Waals surface area contributed by atoms with E-state index in [0.717, 1.165) is 36.8 Å². The Morgan fingerprint density at radius 1 is 1.10 bits per heavy atom. The van der Waals surface area contributed by atoms with Crippen LogP contribution in [0.1, 0.15) is 60.4 Å². The van der Waals surface area contributed by atoms with E-state index in [1.54, 1.807) is 43.1 Å². The number of nitrogens with one attached hydrogen (secondary N) is 1. The number of pyridine rings is 1. The van der Waals surface area contributed by atoms with Crippen LogP contribution in [-0.4, -0.2) is 54.4 Å². The zero-order chi connectivity index (χ0) is 29.1. The van der Waals surface area contributed by atoms with Gasteiger partial charge in [0.1, 0.15) is 17.2 Å². The Balaban J connectivity index is 1.16. The largest absolute Gasteiger partial charge is 0.474 e. The van der Waals surface area contributed by atoms with Crippen molar-refractivity contribution in [3.8, 4) is 17.0 Å². The second-order valence-corrected chi connectivity index (χ2v) is 11.8. The van der Waals surface area contributed by atoms with Gasteiger partial charge in [-0.05, 0) is 74.8 Å². The molecule has 2 saturated carbocycles. The summed E-state index contributed by atoms with van der Waals surface area (Å²) in [6.45, 7) is 3.37. The van der Waals surface area contributed by atoms with Gasteiger partial charge in [0.05, 0.1) is 11.7 Å². The molecule has 3 aromatic heterocycles. The summed E-state index contributed by atoms with van der Waals surface area (Å²) in [4.78, 5) is 41.6. The standard InChI is InChI=1S/C29H32N8O4/c1-28(2,27(31)40)37-22-9-16(17-14-33-36(3)15-17)6-7-20(22)23(35-37)25(39)34-18-10-29(11-18)12-19(13-29)41-26-21(24(30)38)5-4-8-32-26/h4-9,14-15,18-19H,10-13H2,1-3H3,(H2,30,38)(H2,31,40)(H,34,39). The molecule has 0 aliphatic heterocycles. The van der Waals surface area contributed by atoms with E-state index in [0.29, 0.717) is 10.9 Å². The molecular formula is C29H32N8O4. The number of carbonyl (C=O) groups is 3. The predicted octanol–water partition coefficient (Wildman–Crippen LogP) is 2.27. The topological polar surface area (TPSA) is 173 Å². The van der Waals surface area contributed by atoms with Crippen molar-refractivity contribution in [1.29, 1.82) is 0 Å². The lowest BCUT2D eigenvalue weighted by atomic mass is 9.53. The van der Waals surface area contributed by atoms with Crippen molar-refractivity contribution in [3.05, 3.63) is 60.2 Å². The first-order valence-corrected chi connectivity index (χ1v) is 13.5. The molecule has 12 heteroatoms. The van der Waals surface area contributed by atoms with Crippen molar-refractivity contribution < 1.29 is 19.1 Å². The number of ether oxygens (including phenoxy) is 1. The number of fused-ring (bicyclic) bond motifs is 1. The molecule has 2 aliphatic carbocycles. The molecule has 3 amide bonds. The number of benzene rings is 1. The minimum absolute atomic E-state index is 0.00139. The lowest BCUT2D eigenvalue weighted by molar-refractivity contribution is -0.125. The molecule has 1 aromatic carbocycles. The van der Waals surface area contributed by atoms with Crippen LogP contribution < -0.4 is 21.5 Å². The number of aromatic nitrogens is 5. The van der Waals surface area contributed by atoms with Crippen molar-refractivity contribution >= 4 is 28.6 Å². The van der Waals surface area contributed by atoms with Gasteiger partial charge in [-0.1, -0.05) is 6.07 Å². The van der Waals surface area contributed by atoms with Crippen LogP contribution in [0.5, 0.6) is 5.88 Å². The van der Waals surface area contributed by atoms with Gasteiger partial charge in [0, 0.05) is 36.4 Å². The maximum absolute atomic E-state index is 13.5. The van der Waals surface area contributed by atoms with Gasteiger partial charge in [0.15, 0.2) is 5.69 Å². The van der Waals surface area contributed by atoms with E-state index in [1.165, 1.54) is 4.68 Å². The second-order valence-electron chi connectivity index (χ2n) is 11.8. The summed E-state index contributed by atoms with van der Waals surface area (Å²) in [6.07, 6.45) is 8.43. The highest BCUT2D eigenvalue weighted by molar-refractivity contribution is 6.06. The fourth-order valence-corrected chi connectivity index (χ4v) is 6.06. The van der Waals surface area contributed by atoms with E-state index >= 15 is 0 Å². The number of hydrogen-bond donors (Lipinski definition) is 3. The predicted molar refractivity (Wildman–Crippen MR) is 150 cm³/mol. The highest BCUT2D eigenvalue weighted by Gasteiger charge is 2.54. The third kappa shape index (κ3) is 4.58. The van der Waals surface area contributed by atoms with Gasteiger partial charge < -0.3 is 21.5 Å². The van der Waals surface area contributed by atoms with Gasteiger partial charge in [-0.3, -0.25) is 19.1 Å². The molecule has 0 atom stereocenters. The number of carbonyl (C=O) groups excluding carboxylic acids is 3. The molecule has 3 heterocycles. The molecule has 41 heavy (non-hydrogen) atoms. The molecule has 0 radical (unpaired) electrons. The monoisotopic (exact) mass is 556 g/mol. The molecule has 0 unspecified atom stereocenters. The molecule has 2 aliphatic rings. The highest BCUT2D eigenvalue weighted by atomic mass is 16.5. The summed E-state index contributed by atoms with van der Waals surface area (Å²) in [5, 5.41) is 12.6. The number of primary amides is 2. The Morgan fingerprint density at radius 2 is 1.85 bits per heavy atom. The SMILES string of the molecule is Cn1cc(-c2ccc3c(C(=O)NC4CC5(C4)CC(Oc4ncccc4C(N)=O)C5)nn(C(C)(C)C(N)=O)c3c2)cn1. The van der Waals surface area contributed by atoms with Crippen molar-refractivity contribution in [2.24, 2.45) is 23.9 Å². The molecule has 212 valence electrons. The van der Waals surface area contributed by atoms with Crippen molar-refractivity contribution in [2.75, 3.05) is 0 Å². The maximum atomic E-state index is 13.5. The smallest absolute Gasteiger partial charge is 0.272 e. The molecule has 12 nitrogen and oxygen atoms in total. The maximum Gasteiger partial charge on any atom is 0.272 e. The Bertz CT molecular complexity index is 1690. The Labute approximate surface area is 236 Å². The van der Waals surface area contributed by atoms with Gasteiger partial charge in [-0.15, -0.1) is 0 Å². The van der Waals surface area contributed by atoms with Crippen LogP contribution in [0.15, 0.2) is 48.9 Å². The summed E-state index contributed by atoms with van der Waals surface area (Å²) < 4.78 is 9.19. The Hall–Kier alpha value is -4.74. The number of amides is 3. The zero-order valence-electron chi connectivity index (χ0n) is 23.1. The first-order chi connectivity index (χ1) is 19.5. The second kappa shape index (κ2) is 9.43. The average molecular weight is 557 g/mol. The Morgan fingerprint density at radius 3 is 2.51 bits per heavy atom. The summed E-state index contributed by atoms with van der Waals surface area (Å²) in [5.41, 5.74) is 13.0. The molecular weight excluding hydrogens is 524 g/mol. The van der Waals surface area contributed by atoms with E-state index in [1.807, 2.05) is 31.4 Å². The van der Waals surface area contributed by atoms with Gasteiger partial charge in [0.25, 0.3) is 11.8 Å². The summed E-state index contributed by atoms with van der Waals surface area (Å²) in [7, 11) is 1.84. The van der Waals surface area contributed by atoms with E-state index in [2.05, 4.69) is 20.5 Å². The number of nitrogens with two attached hydrogens (primary N) is 2. The first kappa shape index (κ1) is 26.5. The molecule has 2 fully saturated rings. The van der Waals surface area contributed by atoms with Crippen LogP contribution in [0.2, 0.25) is 0 Å². The van der Waals surface area contributed by atoms with Gasteiger partial charge in [0.2, 0.25) is 11.8 Å². The molecule has 1 spiro atoms. The first-order valence-electron chi connectivity index (χ1n) is 13.5. The lowest BCUT2D eigenvalue weighted by Crippen LogP contribution is -2.58. The fraction of sp³-hybridized carbons (Fsp3) is 0.379. The Kier molecular flexibility index (Phi) is 6.09. The van der Waals surface area contributed by atoms with Gasteiger partial charge in [-0.2, -0.15) is 10.2 Å². The van der Waals surface area contributed by atoms with E-state index in [9.17, 15) is 14.4 Å². The third-order valence-electron chi connectivity index (χ3n) is 8.40. The third-order valence-corrected chi connectivity index (χ3v) is 8.40. The molecule has 5 N–H and O–H groups in total. The van der Waals surface area contributed by atoms with Gasteiger partial charge >= 0.3 is 0 Å². The van der Waals surface area contributed by atoms with Crippen LogP contribution in [0, 0.1) is 5.41 Å². The van der Waals surface area contributed by atoms with Crippen LogP contribution in [-0.2, 0) is 17.4 Å². The highest BCUT2D eigenvalue weighted by Crippen LogP contribution is 2.56. The minimum atomic E-state index is -1.16. The average Bonchev–Trinajstić information content (AvgIpc) is 3.50. The van der Waals surface area contributed by atoms with Crippen molar-refractivity contribution in [3.63, 3.8) is 0 Å².